The van der Waals surface area contributed by atoms with Crippen LogP contribution in [-0.2, 0) is 16.1 Å². The monoisotopic (exact) mass is 399 g/mol. The van der Waals surface area contributed by atoms with E-state index in [1.54, 1.807) is 9.80 Å². The number of ether oxygens (including phenoxy) is 2. The van der Waals surface area contributed by atoms with E-state index in [0.29, 0.717) is 39.2 Å². The predicted octanol–water partition coefficient (Wildman–Crippen LogP) is 1.27. The molecule has 1 aliphatic rings. The van der Waals surface area contributed by atoms with Crippen molar-refractivity contribution in [3.05, 3.63) is 64.1 Å². The number of H-pyrrole nitrogens is 1. The minimum absolute atomic E-state index is 0.00857. The molecule has 1 aromatic heterocycles. The molecule has 2 heterocycles. The first-order valence-electron chi connectivity index (χ1n) is 9.54. The maximum absolute atomic E-state index is 12.7. The molecule has 1 aliphatic heterocycles. The molecule has 8 nitrogen and oxygen atoms in total. The molecule has 3 rings (SSSR count). The molecular formula is C21H25N3O5. The Morgan fingerprint density at radius 2 is 1.79 bits per heavy atom. The lowest BCUT2D eigenvalue weighted by Gasteiger charge is -2.22. The predicted molar refractivity (Wildman–Crippen MR) is 107 cm³/mol. The van der Waals surface area contributed by atoms with Crippen LogP contribution in [0.1, 0.15) is 22.5 Å². The van der Waals surface area contributed by atoms with Crippen LogP contribution in [-0.4, -0.2) is 66.5 Å². The van der Waals surface area contributed by atoms with Gasteiger partial charge in [-0.3, -0.25) is 14.4 Å². The van der Waals surface area contributed by atoms with Crippen LogP contribution in [0.5, 0.6) is 5.75 Å². The van der Waals surface area contributed by atoms with E-state index in [2.05, 4.69) is 4.98 Å². The van der Waals surface area contributed by atoms with Crippen molar-refractivity contribution in [3.8, 4) is 5.75 Å². The van der Waals surface area contributed by atoms with Gasteiger partial charge in [0.2, 0.25) is 11.3 Å². The van der Waals surface area contributed by atoms with Gasteiger partial charge in [0.05, 0.1) is 13.7 Å². The number of nitrogens with one attached hydrogen (secondary N) is 1. The van der Waals surface area contributed by atoms with E-state index < -0.39 is 0 Å². The lowest BCUT2D eigenvalue weighted by molar-refractivity contribution is -0.136. The molecule has 0 atom stereocenters. The number of methoxy groups -OCH3 is 1. The third-order valence-corrected chi connectivity index (χ3v) is 4.80. The van der Waals surface area contributed by atoms with Crippen molar-refractivity contribution in [1.29, 1.82) is 0 Å². The van der Waals surface area contributed by atoms with Crippen LogP contribution >= 0.6 is 0 Å². The lowest BCUT2D eigenvalue weighted by Crippen LogP contribution is -2.39. The van der Waals surface area contributed by atoms with Crippen LogP contribution in [0, 0.1) is 0 Å². The van der Waals surface area contributed by atoms with Gasteiger partial charge in [0.25, 0.3) is 5.91 Å². The minimum atomic E-state index is -0.350. The van der Waals surface area contributed by atoms with Crippen molar-refractivity contribution >= 4 is 11.8 Å². The van der Waals surface area contributed by atoms with Crippen LogP contribution in [0.2, 0.25) is 0 Å². The Bertz CT molecular complexity index is 897. The molecule has 2 aromatic rings. The summed E-state index contributed by atoms with van der Waals surface area (Å²) in [6, 6.07) is 10.9. The third kappa shape index (κ3) is 5.45. The normalized spacial score (nSPS) is 14.4. The lowest BCUT2D eigenvalue weighted by atomic mass is 10.2. The maximum Gasteiger partial charge on any atom is 0.270 e. The van der Waals surface area contributed by atoms with Crippen LogP contribution < -0.4 is 10.2 Å². The van der Waals surface area contributed by atoms with Gasteiger partial charge in [-0.25, -0.2) is 0 Å². The van der Waals surface area contributed by atoms with Crippen molar-refractivity contribution in [2.24, 2.45) is 0 Å². The fourth-order valence-corrected chi connectivity index (χ4v) is 3.20. The van der Waals surface area contributed by atoms with Gasteiger partial charge in [-0.15, -0.1) is 0 Å². The molecule has 1 aromatic carbocycles. The first-order chi connectivity index (χ1) is 14.1. The Morgan fingerprint density at radius 3 is 2.52 bits per heavy atom. The van der Waals surface area contributed by atoms with E-state index in [1.165, 1.54) is 19.4 Å². The summed E-state index contributed by atoms with van der Waals surface area (Å²) in [5.41, 5.74) is 0.875. The van der Waals surface area contributed by atoms with Crippen molar-refractivity contribution in [3.63, 3.8) is 0 Å². The third-order valence-electron chi connectivity index (χ3n) is 4.80. The van der Waals surface area contributed by atoms with Gasteiger partial charge in [0.15, 0.2) is 5.75 Å². The van der Waals surface area contributed by atoms with Crippen LogP contribution in [0.15, 0.2) is 47.4 Å². The number of rotatable bonds is 6. The molecule has 0 bridgehead atoms. The molecule has 0 saturated carbocycles. The van der Waals surface area contributed by atoms with Crippen LogP contribution in [0.4, 0.5) is 0 Å². The zero-order valence-corrected chi connectivity index (χ0v) is 16.4. The average molecular weight is 399 g/mol. The Balaban J connectivity index is 1.51. The molecule has 0 spiro atoms. The summed E-state index contributed by atoms with van der Waals surface area (Å²) < 4.78 is 10.5. The highest BCUT2D eigenvalue weighted by Gasteiger charge is 2.23. The van der Waals surface area contributed by atoms with Gasteiger partial charge < -0.3 is 24.3 Å². The van der Waals surface area contributed by atoms with Crippen molar-refractivity contribution in [1.82, 2.24) is 14.8 Å². The smallest absolute Gasteiger partial charge is 0.270 e. The summed E-state index contributed by atoms with van der Waals surface area (Å²) >= 11 is 0. The second-order valence-electron chi connectivity index (χ2n) is 6.78. The number of hydrogen-bond acceptors (Lipinski definition) is 5. The van der Waals surface area contributed by atoms with E-state index >= 15 is 0 Å². The summed E-state index contributed by atoms with van der Waals surface area (Å²) in [5.74, 6) is -0.197. The second kappa shape index (κ2) is 9.88. The summed E-state index contributed by atoms with van der Waals surface area (Å²) in [6.45, 7) is 2.31. The van der Waals surface area contributed by atoms with Gasteiger partial charge >= 0.3 is 0 Å². The number of carbonyl (C=O) groups excluding carboxylic acids is 2. The number of carbonyl (C=O) groups is 2. The van der Waals surface area contributed by atoms with E-state index in [0.717, 1.165) is 5.56 Å². The van der Waals surface area contributed by atoms with E-state index in [9.17, 15) is 14.4 Å². The number of pyridine rings is 1. The molecule has 0 radical (unpaired) electrons. The number of aromatic nitrogens is 1. The van der Waals surface area contributed by atoms with Gasteiger partial charge in [0.1, 0.15) is 12.3 Å². The summed E-state index contributed by atoms with van der Waals surface area (Å²) in [6.07, 6.45) is 2.05. The number of hydrogen-bond donors (Lipinski definition) is 1. The van der Waals surface area contributed by atoms with Gasteiger partial charge in [-0.2, -0.15) is 0 Å². The van der Waals surface area contributed by atoms with E-state index in [-0.39, 0.29) is 35.3 Å². The molecule has 8 heteroatoms. The largest absolute Gasteiger partial charge is 0.491 e. The van der Waals surface area contributed by atoms with Crippen LogP contribution in [0.25, 0.3) is 0 Å². The Hall–Kier alpha value is -3.13. The zero-order chi connectivity index (χ0) is 20.6. The quantitative estimate of drug-likeness (QED) is 0.790. The van der Waals surface area contributed by atoms with Gasteiger partial charge in [-0.1, -0.05) is 30.3 Å². The molecule has 1 fully saturated rings. The molecule has 1 N–H and O–H groups in total. The van der Waals surface area contributed by atoms with E-state index in [1.807, 2.05) is 30.3 Å². The minimum Gasteiger partial charge on any atom is -0.491 e. The molecule has 0 unspecified atom stereocenters. The Labute approximate surface area is 169 Å². The van der Waals surface area contributed by atoms with E-state index in [4.69, 9.17) is 9.47 Å². The number of benzene rings is 1. The average Bonchev–Trinajstić information content (AvgIpc) is 3.00. The first kappa shape index (κ1) is 20.6. The van der Waals surface area contributed by atoms with Crippen LogP contribution in [0.3, 0.4) is 0 Å². The Morgan fingerprint density at radius 1 is 1.07 bits per heavy atom. The molecular weight excluding hydrogens is 374 g/mol. The fraction of sp³-hybridized carbons (Fsp3) is 0.381. The number of amides is 2. The number of aromatic amines is 1. The highest BCUT2D eigenvalue weighted by molar-refractivity contribution is 5.92. The van der Waals surface area contributed by atoms with Gasteiger partial charge in [-0.05, 0) is 12.0 Å². The van der Waals surface area contributed by atoms with Crippen molar-refractivity contribution < 1.29 is 19.1 Å². The summed E-state index contributed by atoms with van der Waals surface area (Å²) in [5, 5.41) is 0. The molecule has 0 aliphatic carbocycles. The van der Waals surface area contributed by atoms with Gasteiger partial charge in [0, 0.05) is 38.4 Å². The second-order valence-corrected chi connectivity index (χ2v) is 6.78. The highest BCUT2D eigenvalue weighted by Crippen LogP contribution is 2.09. The molecule has 2 amide bonds. The zero-order valence-electron chi connectivity index (χ0n) is 16.4. The topological polar surface area (TPSA) is 91.9 Å². The summed E-state index contributed by atoms with van der Waals surface area (Å²) in [7, 11) is 1.40. The maximum atomic E-state index is 12.7. The standard InChI is InChI=1S/C21H25N3O5/c1-28-19-13-22-17(12-18(19)25)21(27)24-9-5-8-23(10-11-24)20(26)15-29-14-16-6-3-2-4-7-16/h2-4,6-7,12-13H,5,8-11,14-15H2,1H3,(H,22,25). The van der Waals surface area contributed by atoms with Crippen molar-refractivity contribution in [2.45, 2.75) is 13.0 Å². The molecule has 29 heavy (non-hydrogen) atoms. The first-order valence-corrected chi connectivity index (χ1v) is 9.54. The van der Waals surface area contributed by atoms with Crippen molar-refractivity contribution in [2.75, 3.05) is 39.9 Å². The Kier molecular flexibility index (Phi) is 7.02. The molecule has 154 valence electrons. The molecule has 1 saturated heterocycles. The summed E-state index contributed by atoms with van der Waals surface area (Å²) in [4.78, 5) is 43.2. The fourth-order valence-electron chi connectivity index (χ4n) is 3.20. The SMILES string of the molecule is COc1c[nH]c(C(=O)N2CCCN(C(=O)COCc3ccccc3)CC2)cc1=O. The highest BCUT2D eigenvalue weighted by atomic mass is 16.5. The number of nitrogens with zero attached hydrogens (tertiary/aromatic N) is 2.